The maximum atomic E-state index is 6.91. The molecule has 10 rings (SSSR count). The second-order valence-corrected chi connectivity index (χ2v) is 20.9. The van der Waals surface area contributed by atoms with Gasteiger partial charge in [-0.15, -0.1) is 27.3 Å². The monoisotopic (exact) mass is 851 g/mol. The molecular weight excluding hydrogens is 798 g/mol. The number of hydrogen-bond acceptors (Lipinski definition) is 1. The summed E-state index contributed by atoms with van der Waals surface area (Å²) >= 11 is 0. The van der Waals surface area contributed by atoms with E-state index in [1.165, 1.54) is 191 Å². The van der Waals surface area contributed by atoms with Gasteiger partial charge in [0.15, 0.2) is 0 Å². The number of furan rings is 1. The van der Waals surface area contributed by atoms with E-state index >= 15 is 0 Å². The zero-order chi connectivity index (χ0) is 48.8. The fourth-order valence-corrected chi connectivity index (χ4v) is 12.8. The minimum Gasteiger partial charge on any atom is -0.457 e. The number of fused-ring (bicyclic) bond motifs is 6. The first kappa shape index (κ1) is 46.5. The van der Waals surface area contributed by atoms with Gasteiger partial charge in [0.1, 0.15) is 160 Å². The highest BCUT2D eigenvalue weighted by Gasteiger charge is 2.30. The van der Waals surface area contributed by atoms with Crippen LogP contribution in [0.15, 0.2) is 71.1 Å². The van der Waals surface area contributed by atoms with Crippen molar-refractivity contribution < 1.29 is 4.42 Å². The van der Waals surface area contributed by atoms with Crippen LogP contribution in [0.3, 0.4) is 0 Å². The Bertz CT molecular complexity index is 3840. The first-order valence-corrected chi connectivity index (χ1v) is 24.8. The summed E-state index contributed by atoms with van der Waals surface area (Å²) in [5.74, 6) is 0. The van der Waals surface area contributed by atoms with Gasteiger partial charge in [0.25, 0.3) is 0 Å². The zero-order valence-electron chi connectivity index (χ0n) is 44.3. The first-order valence-electron chi connectivity index (χ1n) is 24.8. The molecule has 0 aliphatic rings. The van der Waals surface area contributed by atoms with Crippen LogP contribution in [0.2, 0.25) is 0 Å². The van der Waals surface area contributed by atoms with Crippen molar-refractivity contribution in [3.8, 4) is 44.5 Å². The van der Waals surface area contributed by atoms with Crippen molar-refractivity contribution in [2.24, 2.45) is 0 Å². The Morgan fingerprint density at radius 3 is 1.07 bits per heavy atom. The van der Waals surface area contributed by atoms with E-state index in [1.807, 2.05) is 0 Å². The molecule has 1 aromatic heterocycles. The Morgan fingerprint density at radius 1 is 0.235 bits per heavy atom. The molecule has 0 radical (unpaired) electrons. The van der Waals surface area contributed by atoms with Crippen molar-refractivity contribution in [2.45, 2.75) is 0 Å². The van der Waals surface area contributed by atoms with Crippen molar-refractivity contribution in [1.29, 1.82) is 0 Å². The predicted octanol–water partition coefficient (Wildman–Crippen LogP) is -19.4. The maximum absolute atomic E-state index is 6.91. The summed E-state index contributed by atoms with van der Waals surface area (Å²) < 4.78 is 6.91. The molecule has 0 saturated carbocycles. The van der Waals surface area contributed by atoms with Gasteiger partial charge in [-0.2, -0.15) is 0 Å². The number of hydrogen-bond donors (Lipinski definition) is 0. The van der Waals surface area contributed by atoms with Crippen LogP contribution in [0.25, 0.3) is 98.8 Å². The Hall–Kier alpha value is -5.21. The lowest BCUT2D eigenvalue weighted by molar-refractivity contribution is 0.675. The van der Waals surface area contributed by atoms with Gasteiger partial charge in [-0.05, 0) is 76.8 Å². The summed E-state index contributed by atoms with van der Waals surface area (Å²) in [6, 6.07) is 24.9. The maximum Gasteiger partial charge on any atom is 0.143 e. The molecule has 0 aliphatic carbocycles. The minimum absolute atomic E-state index is 1.03. The third-order valence-electron chi connectivity index (χ3n) is 18.1. The van der Waals surface area contributed by atoms with E-state index in [-0.39, 0.29) is 0 Å². The summed E-state index contributed by atoms with van der Waals surface area (Å²) in [5.41, 5.74) is 38.2. The molecule has 304 valence electrons. The summed E-state index contributed by atoms with van der Waals surface area (Å²) in [7, 11) is 44.5. The van der Waals surface area contributed by atoms with E-state index in [0.29, 0.717) is 0 Å². The lowest BCUT2D eigenvalue weighted by atomic mass is 9.56. The standard InChI is InChI=1S/C48H49B19O/c49-28-24(37(58)45(66)47-26(28)27-38(59)43(64)44(65)46(67)48(27)68-47)25-35(56)33(54)23(34(55)36(25)57)18-21-19(29(50)39(60)41(62)31(21)52)17(20-22(18)32(53)42(63)40(61)30(20)51)14-10-8-13(9-11-14)16-7-3-5-12-4-1-2-6-15(12)16/h1-11H,49-67H2. The highest BCUT2D eigenvalue weighted by molar-refractivity contribution is 6.74. The number of benzene rings is 9. The van der Waals surface area contributed by atoms with Crippen molar-refractivity contribution in [3.05, 3.63) is 66.7 Å². The average Bonchev–Trinajstić information content (AvgIpc) is 3.75. The predicted molar refractivity (Wildman–Crippen MR) is 363 cm³/mol. The van der Waals surface area contributed by atoms with Crippen molar-refractivity contribution >= 4 is 307 Å². The van der Waals surface area contributed by atoms with Crippen LogP contribution >= 0.6 is 0 Å². The molecule has 0 atom stereocenters. The fraction of sp³-hybridized carbons (Fsp3) is 0. The third-order valence-corrected chi connectivity index (χ3v) is 18.1. The van der Waals surface area contributed by atoms with Crippen molar-refractivity contribution in [2.75, 3.05) is 0 Å². The Morgan fingerprint density at radius 2 is 0.574 bits per heavy atom. The Balaban J connectivity index is 1.33. The van der Waals surface area contributed by atoms with Crippen LogP contribution in [0, 0.1) is 0 Å². The largest absolute Gasteiger partial charge is 0.457 e. The van der Waals surface area contributed by atoms with E-state index < -0.39 is 0 Å². The molecule has 68 heavy (non-hydrogen) atoms. The van der Waals surface area contributed by atoms with Gasteiger partial charge in [0.2, 0.25) is 0 Å². The van der Waals surface area contributed by atoms with Gasteiger partial charge in [-0.1, -0.05) is 143 Å². The average molecular weight is 847 g/mol. The molecule has 0 aliphatic heterocycles. The van der Waals surface area contributed by atoms with Gasteiger partial charge in [0, 0.05) is 10.8 Å². The summed E-state index contributed by atoms with van der Waals surface area (Å²) in [4.78, 5) is 0. The van der Waals surface area contributed by atoms with Crippen LogP contribution in [0.5, 0.6) is 0 Å². The SMILES string of the molecule is Bc1c(B)c(-c2c3c(B)c(B)c(B)c(B)c3c(-c3ccc(-c4cccc5ccccc45)cc3)c3c(B)c(B)c(B)c(B)c23)c(B)c(B)c1-c1c(B)c(B)c2oc3c(B)c(B)c(B)c(B)c3c2c1B. The van der Waals surface area contributed by atoms with Crippen molar-refractivity contribution in [1.82, 2.24) is 0 Å². The van der Waals surface area contributed by atoms with Crippen LogP contribution in [-0.4, -0.2) is 149 Å². The minimum atomic E-state index is 1.03. The summed E-state index contributed by atoms with van der Waals surface area (Å²) in [6.45, 7) is 0. The van der Waals surface area contributed by atoms with Gasteiger partial charge in [-0.25, -0.2) is 0 Å². The number of rotatable bonds is 4. The molecular formula is C48H49B19O. The molecule has 0 amide bonds. The second-order valence-electron chi connectivity index (χ2n) is 20.9. The van der Waals surface area contributed by atoms with Gasteiger partial charge < -0.3 is 4.42 Å². The quantitative estimate of drug-likeness (QED) is 0.127. The lowest BCUT2D eigenvalue weighted by Gasteiger charge is -2.31. The zero-order valence-corrected chi connectivity index (χ0v) is 44.3. The molecule has 0 N–H and O–H groups in total. The highest BCUT2D eigenvalue weighted by atomic mass is 16.3. The molecule has 9 aromatic carbocycles. The summed E-state index contributed by atoms with van der Waals surface area (Å²) in [5, 5.41) is 10.6. The van der Waals surface area contributed by atoms with Gasteiger partial charge in [-0.3, -0.25) is 0 Å². The van der Waals surface area contributed by atoms with E-state index in [0.717, 1.165) is 11.2 Å². The molecule has 0 saturated heterocycles. The molecule has 20 heteroatoms. The molecule has 10 aromatic rings. The topological polar surface area (TPSA) is 13.1 Å². The molecule has 0 unspecified atom stereocenters. The van der Waals surface area contributed by atoms with E-state index in [4.69, 9.17) is 4.42 Å². The van der Waals surface area contributed by atoms with Crippen LogP contribution in [0.1, 0.15) is 0 Å². The first-order chi connectivity index (χ1) is 32.2. The molecule has 0 bridgehead atoms. The van der Waals surface area contributed by atoms with Gasteiger partial charge in [0.05, 0.1) is 0 Å². The van der Waals surface area contributed by atoms with Crippen LogP contribution in [-0.2, 0) is 0 Å². The molecule has 0 spiro atoms. The normalized spacial score (nSPS) is 11.8. The summed E-state index contributed by atoms with van der Waals surface area (Å²) in [6.07, 6.45) is 0. The van der Waals surface area contributed by atoms with E-state index in [1.54, 1.807) is 0 Å². The molecule has 0 fully saturated rings. The smallest absolute Gasteiger partial charge is 0.143 e. The van der Waals surface area contributed by atoms with Gasteiger partial charge >= 0.3 is 0 Å². The lowest BCUT2D eigenvalue weighted by Crippen LogP contribution is -2.51. The highest BCUT2D eigenvalue weighted by Crippen LogP contribution is 2.41. The van der Waals surface area contributed by atoms with Crippen LogP contribution < -0.4 is 104 Å². The van der Waals surface area contributed by atoms with E-state index in [9.17, 15) is 0 Å². The fourth-order valence-electron chi connectivity index (χ4n) is 12.8. The molecule has 1 nitrogen and oxygen atoms in total. The van der Waals surface area contributed by atoms with E-state index in [2.05, 4.69) is 216 Å². The molecule has 1 heterocycles. The Labute approximate surface area is 420 Å². The second kappa shape index (κ2) is 16.5. The Kier molecular flexibility index (Phi) is 11.3. The van der Waals surface area contributed by atoms with Crippen LogP contribution in [0.4, 0.5) is 0 Å². The third kappa shape index (κ3) is 6.30. The van der Waals surface area contributed by atoms with Crippen molar-refractivity contribution in [3.63, 3.8) is 0 Å².